The summed E-state index contributed by atoms with van der Waals surface area (Å²) >= 11 is 0. The van der Waals surface area contributed by atoms with Gasteiger partial charge >= 0.3 is 16.4 Å². The molecular weight excluding hydrogens is 352 g/mol. The van der Waals surface area contributed by atoms with Gasteiger partial charge in [0.1, 0.15) is 12.1 Å². The summed E-state index contributed by atoms with van der Waals surface area (Å²) in [4.78, 5) is 28.5. The summed E-state index contributed by atoms with van der Waals surface area (Å²) in [7, 11) is -2.80. The second-order valence-corrected chi connectivity index (χ2v) is 7.72. The molecule has 25 heavy (non-hydrogen) atoms. The van der Waals surface area contributed by atoms with Crippen LogP contribution in [0.15, 0.2) is 11.6 Å². The number of rotatable bonds is 4. The van der Waals surface area contributed by atoms with Crippen LogP contribution in [-0.2, 0) is 19.5 Å². The lowest BCUT2D eigenvalue weighted by molar-refractivity contribution is -0.125. The van der Waals surface area contributed by atoms with E-state index in [0.717, 1.165) is 25.9 Å². The number of nitrogens with one attached hydrogen (secondary N) is 1. The minimum absolute atomic E-state index is 0.0537. The van der Waals surface area contributed by atoms with Gasteiger partial charge in [0, 0.05) is 6.04 Å². The highest BCUT2D eigenvalue weighted by Gasteiger charge is 2.49. The van der Waals surface area contributed by atoms with Crippen LogP contribution in [0.3, 0.4) is 0 Å². The van der Waals surface area contributed by atoms with Crippen LogP contribution in [-0.4, -0.2) is 84.6 Å². The molecule has 3 rings (SSSR count). The van der Waals surface area contributed by atoms with Gasteiger partial charge in [-0.15, -0.1) is 4.28 Å². The van der Waals surface area contributed by atoms with Gasteiger partial charge in [0.2, 0.25) is 5.91 Å². The number of likely N-dealkylation sites (tertiary alicyclic amines) is 1. The first-order valence-electron chi connectivity index (χ1n) is 8.10. The summed E-state index contributed by atoms with van der Waals surface area (Å²) in [6.45, 7) is 3.61. The van der Waals surface area contributed by atoms with Crippen molar-refractivity contribution in [3.8, 4) is 0 Å². The van der Waals surface area contributed by atoms with E-state index in [9.17, 15) is 18.0 Å². The Bertz CT molecular complexity index is 700. The molecule has 2 saturated heterocycles. The zero-order valence-corrected chi connectivity index (χ0v) is 14.9. The number of urea groups is 1. The third-order valence-corrected chi connectivity index (χ3v) is 5.23. The number of fused-ring (bicyclic) bond motifs is 2. The molecule has 0 spiro atoms. The standard InChI is InChI=1S/C14H22N4O6S/c1-9-7-11(13(19)15-10-3-5-16(2)6-4-10)17-8-12(9)18(14(17)20)24-25(21,22)23/h7,10-12H,3-6,8H2,1-2H3,(H,15,19)(H,21,22,23)/t11-,12-/m0/s1. The Balaban J connectivity index is 1.71. The van der Waals surface area contributed by atoms with E-state index in [1.54, 1.807) is 13.0 Å². The number of hydrogen-bond donors (Lipinski definition) is 2. The average Bonchev–Trinajstić information content (AvgIpc) is 2.78. The Morgan fingerprint density at radius 2 is 2.00 bits per heavy atom. The van der Waals surface area contributed by atoms with Gasteiger partial charge in [-0.3, -0.25) is 9.35 Å². The average molecular weight is 374 g/mol. The van der Waals surface area contributed by atoms with Gasteiger partial charge in [-0.1, -0.05) is 6.08 Å². The van der Waals surface area contributed by atoms with Gasteiger partial charge in [-0.05, 0) is 45.5 Å². The molecule has 3 heterocycles. The molecule has 0 radical (unpaired) electrons. The van der Waals surface area contributed by atoms with Crippen molar-refractivity contribution in [1.29, 1.82) is 0 Å². The Morgan fingerprint density at radius 3 is 2.60 bits per heavy atom. The molecule has 0 unspecified atom stereocenters. The Labute approximate surface area is 146 Å². The normalized spacial score (nSPS) is 28.3. The minimum Gasteiger partial charge on any atom is -0.351 e. The summed E-state index contributed by atoms with van der Waals surface area (Å²) in [5.74, 6) is -0.297. The molecule has 3 aliphatic heterocycles. The van der Waals surface area contributed by atoms with Crippen molar-refractivity contribution in [2.24, 2.45) is 0 Å². The van der Waals surface area contributed by atoms with Crippen molar-refractivity contribution in [2.45, 2.75) is 37.9 Å². The summed E-state index contributed by atoms with van der Waals surface area (Å²) < 4.78 is 35.1. The van der Waals surface area contributed by atoms with E-state index in [1.165, 1.54) is 4.90 Å². The molecule has 0 aromatic heterocycles. The third kappa shape index (κ3) is 3.78. The topological polar surface area (TPSA) is 119 Å². The highest BCUT2D eigenvalue weighted by Crippen LogP contribution is 2.30. The molecule has 0 saturated carbocycles. The Kier molecular flexibility index (Phi) is 4.75. The van der Waals surface area contributed by atoms with Crippen molar-refractivity contribution in [1.82, 2.24) is 20.2 Å². The van der Waals surface area contributed by atoms with Gasteiger partial charge in [0.05, 0.1) is 6.54 Å². The van der Waals surface area contributed by atoms with Crippen molar-refractivity contribution in [2.75, 3.05) is 26.7 Å². The summed E-state index contributed by atoms with van der Waals surface area (Å²) in [6, 6.07) is -2.18. The zero-order valence-electron chi connectivity index (χ0n) is 14.1. The summed E-state index contributed by atoms with van der Waals surface area (Å²) in [5.41, 5.74) is 0.634. The maximum absolute atomic E-state index is 12.6. The van der Waals surface area contributed by atoms with Crippen LogP contribution in [0.25, 0.3) is 0 Å². The van der Waals surface area contributed by atoms with Crippen LogP contribution in [0.5, 0.6) is 0 Å². The Morgan fingerprint density at radius 1 is 1.36 bits per heavy atom. The second kappa shape index (κ2) is 6.56. The maximum atomic E-state index is 12.6. The van der Waals surface area contributed by atoms with E-state index >= 15 is 0 Å². The summed E-state index contributed by atoms with van der Waals surface area (Å²) in [5, 5.41) is 3.57. The first kappa shape index (κ1) is 18.1. The maximum Gasteiger partial charge on any atom is 0.418 e. The van der Waals surface area contributed by atoms with Crippen LogP contribution in [0, 0.1) is 0 Å². The van der Waals surface area contributed by atoms with E-state index in [0.29, 0.717) is 10.6 Å². The van der Waals surface area contributed by atoms with Crippen molar-refractivity contribution in [3.05, 3.63) is 11.6 Å². The lowest BCUT2D eigenvalue weighted by Crippen LogP contribution is -2.52. The molecule has 0 aliphatic carbocycles. The fourth-order valence-corrected chi connectivity index (χ4v) is 3.82. The molecule has 140 valence electrons. The van der Waals surface area contributed by atoms with E-state index in [-0.39, 0.29) is 18.5 Å². The third-order valence-electron chi connectivity index (χ3n) is 4.88. The smallest absolute Gasteiger partial charge is 0.351 e. The molecular formula is C14H22N4O6S. The van der Waals surface area contributed by atoms with Gasteiger partial charge in [-0.25, -0.2) is 4.79 Å². The van der Waals surface area contributed by atoms with E-state index < -0.39 is 28.5 Å². The zero-order chi connectivity index (χ0) is 18.4. The predicted octanol–water partition coefficient (Wildman–Crippen LogP) is -0.634. The van der Waals surface area contributed by atoms with Gasteiger partial charge in [-0.2, -0.15) is 13.5 Å². The van der Waals surface area contributed by atoms with Gasteiger partial charge in [0.25, 0.3) is 0 Å². The molecule has 11 heteroatoms. The first-order valence-corrected chi connectivity index (χ1v) is 9.46. The van der Waals surface area contributed by atoms with Crippen LogP contribution in [0.1, 0.15) is 19.8 Å². The minimum atomic E-state index is -4.82. The molecule has 2 fully saturated rings. The lowest BCUT2D eigenvalue weighted by atomic mass is 10.00. The monoisotopic (exact) mass is 374 g/mol. The number of nitrogens with zero attached hydrogens (tertiary/aromatic N) is 3. The first-order chi connectivity index (χ1) is 11.7. The molecule has 2 atom stereocenters. The highest BCUT2D eigenvalue weighted by molar-refractivity contribution is 7.80. The van der Waals surface area contributed by atoms with Gasteiger partial charge < -0.3 is 15.1 Å². The van der Waals surface area contributed by atoms with Crippen LogP contribution in [0.4, 0.5) is 4.79 Å². The van der Waals surface area contributed by atoms with Crippen LogP contribution >= 0.6 is 0 Å². The largest absolute Gasteiger partial charge is 0.418 e. The molecule has 3 amide bonds. The van der Waals surface area contributed by atoms with Crippen molar-refractivity contribution >= 4 is 22.3 Å². The number of hydrogen-bond acceptors (Lipinski definition) is 6. The molecule has 2 bridgehead atoms. The van der Waals surface area contributed by atoms with Crippen LogP contribution in [0.2, 0.25) is 0 Å². The number of carbonyl (C=O) groups is 2. The summed E-state index contributed by atoms with van der Waals surface area (Å²) in [6.07, 6.45) is 3.31. The SMILES string of the molecule is CC1=C[C@@H](C(=O)NC2CCN(C)CC2)N2C[C@@H]1N(OS(=O)(=O)O)C2=O. The Hall–Kier alpha value is -1.69. The van der Waals surface area contributed by atoms with Gasteiger partial charge in [0.15, 0.2) is 0 Å². The van der Waals surface area contributed by atoms with Crippen LogP contribution < -0.4 is 5.32 Å². The number of amides is 3. The lowest BCUT2D eigenvalue weighted by Gasteiger charge is -2.32. The van der Waals surface area contributed by atoms with Crippen molar-refractivity contribution < 1.29 is 26.8 Å². The molecule has 10 nitrogen and oxygen atoms in total. The van der Waals surface area contributed by atoms with E-state index in [1.807, 2.05) is 7.05 Å². The molecule has 0 aromatic rings. The number of hydroxylamine groups is 2. The second-order valence-electron chi connectivity index (χ2n) is 6.72. The predicted molar refractivity (Wildman–Crippen MR) is 86.6 cm³/mol. The van der Waals surface area contributed by atoms with E-state index in [2.05, 4.69) is 14.5 Å². The van der Waals surface area contributed by atoms with Crippen molar-refractivity contribution in [3.63, 3.8) is 0 Å². The number of piperidine rings is 1. The van der Waals surface area contributed by atoms with E-state index in [4.69, 9.17) is 4.55 Å². The fourth-order valence-electron chi connectivity index (χ4n) is 3.45. The fraction of sp³-hybridized carbons (Fsp3) is 0.714. The molecule has 0 aromatic carbocycles. The quantitative estimate of drug-likeness (QED) is 0.496. The molecule has 3 aliphatic rings. The molecule has 2 N–H and O–H groups in total. The highest BCUT2D eigenvalue weighted by atomic mass is 32.3. The number of carbonyl (C=O) groups excluding carboxylic acids is 2.